The van der Waals surface area contributed by atoms with E-state index in [9.17, 15) is 13.2 Å². The van der Waals surface area contributed by atoms with Crippen molar-refractivity contribution in [1.82, 2.24) is 10.1 Å². The Morgan fingerprint density at radius 1 is 1.17 bits per heavy atom. The number of aryl methyl sites for hydroxylation is 2. The second-order valence-electron chi connectivity index (χ2n) is 6.77. The van der Waals surface area contributed by atoms with Crippen molar-refractivity contribution in [3.63, 3.8) is 0 Å². The van der Waals surface area contributed by atoms with E-state index in [-0.39, 0.29) is 23.6 Å². The molecule has 0 radical (unpaired) electrons. The number of carbonyl (C=O) groups excluding carboxylic acids is 1. The van der Waals surface area contributed by atoms with Gasteiger partial charge in [-0.15, -0.1) is 0 Å². The van der Waals surface area contributed by atoms with Crippen LogP contribution in [0.3, 0.4) is 0 Å². The summed E-state index contributed by atoms with van der Waals surface area (Å²) in [7, 11) is -3.36. The number of amides is 1. The SMILES string of the molecule is CCOc1ccc(-c2noc(CCC(=O)Nc3cc(S(C)(=O)=O)ccc3C)n2)cc1. The summed E-state index contributed by atoms with van der Waals surface area (Å²) >= 11 is 0. The fourth-order valence-corrected chi connectivity index (χ4v) is 3.39. The van der Waals surface area contributed by atoms with Crippen LogP contribution in [-0.4, -0.2) is 37.3 Å². The maximum absolute atomic E-state index is 12.3. The van der Waals surface area contributed by atoms with Gasteiger partial charge in [0.1, 0.15) is 5.75 Å². The molecule has 0 bridgehead atoms. The number of rotatable bonds is 8. The smallest absolute Gasteiger partial charge is 0.227 e. The zero-order chi connectivity index (χ0) is 21.7. The van der Waals surface area contributed by atoms with Crippen molar-refractivity contribution in [2.24, 2.45) is 0 Å². The molecule has 158 valence electrons. The summed E-state index contributed by atoms with van der Waals surface area (Å²) in [6.07, 6.45) is 1.51. The molecular formula is C21H23N3O5S. The molecule has 8 nitrogen and oxygen atoms in total. The Balaban J connectivity index is 1.61. The van der Waals surface area contributed by atoms with E-state index in [1.807, 2.05) is 31.2 Å². The Kier molecular flexibility index (Phi) is 6.51. The van der Waals surface area contributed by atoms with Crippen LogP contribution in [0, 0.1) is 6.92 Å². The lowest BCUT2D eigenvalue weighted by Crippen LogP contribution is -2.14. The molecule has 0 aliphatic heterocycles. The number of carbonyl (C=O) groups is 1. The molecule has 0 saturated carbocycles. The molecule has 0 saturated heterocycles. The summed E-state index contributed by atoms with van der Waals surface area (Å²) in [5.74, 6) is 1.27. The highest BCUT2D eigenvalue weighted by molar-refractivity contribution is 7.90. The van der Waals surface area contributed by atoms with Gasteiger partial charge in [0.15, 0.2) is 9.84 Å². The van der Waals surface area contributed by atoms with Crippen molar-refractivity contribution in [2.75, 3.05) is 18.2 Å². The number of nitrogens with one attached hydrogen (secondary N) is 1. The highest BCUT2D eigenvalue weighted by Crippen LogP contribution is 2.22. The molecule has 30 heavy (non-hydrogen) atoms. The molecule has 1 N–H and O–H groups in total. The largest absolute Gasteiger partial charge is 0.494 e. The van der Waals surface area contributed by atoms with Gasteiger partial charge in [0.05, 0.1) is 11.5 Å². The van der Waals surface area contributed by atoms with Crippen LogP contribution in [0.5, 0.6) is 5.75 Å². The summed E-state index contributed by atoms with van der Waals surface area (Å²) < 4.78 is 34.1. The maximum Gasteiger partial charge on any atom is 0.227 e. The summed E-state index contributed by atoms with van der Waals surface area (Å²) in [6, 6.07) is 12.0. The van der Waals surface area contributed by atoms with Crippen LogP contribution >= 0.6 is 0 Å². The highest BCUT2D eigenvalue weighted by atomic mass is 32.2. The fourth-order valence-electron chi connectivity index (χ4n) is 2.74. The molecule has 1 heterocycles. The van der Waals surface area contributed by atoms with Crippen LogP contribution in [0.25, 0.3) is 11.4 Å². The molecular weight excluding hydrogens is 406 g/mol. The van der Waals surface area contributed by atoms with E-state index >= 15 is 0 Å². The number of benzene rings is 2. The van der Waals surface area contributed by atoms with Crippen LogP contribution in [0.1, 0.15) is 24.8 Å². The summed E-state index contributed by atoms with van der Waals surface area (Å²) in [6.45, 7) is 4.30. The predicted molar refractivity (Wildman–Crippen MR) is 112 cm³/mol. The van der Waals surface area contributed by atoms with Gasteiger partial charge in [-0.2, -0.15) is 4.98 Å². The Morgan fingerprint density at radius 3 is 2.57 bits per heavy atom. The molecule has 0 atom stereocenters. The lowest BCUT2D eigenvalue weighted by Gasteiger charge is -2.09. The fraction of sp³-hybridized carbons (Fsp3) is 0.286. The molecule has 3 rings (SSSR count). The van der Waals surface area contributed by atoms with Crippen molar-refractivity contribution in [1.29, 1.82) is 0 Å². The quantitative estimate of drug-likeness (QED) is 0.584. The number of nitrogens with zero attached hydrogens (tertiary/aromatic N) is 2. The van der Waals surface area contributed by atoms with Crippen LogP contribution in [0.4, 0.5) is 5.69 Å². The minimum Gasteiger partial charge on any atom is -0.494 e. The van der Waals surface area contributed by atoms with E-state index in [1.54, 1.807) is 13.0 Å². The van der Waals surface area contributed by atoms with Gasteiger partial charge in [0.25, 0.3) is 0 Å². The first-order chi connectivity index (χ1) is 14.3. The van der Waals surface area contributed by atoms with Gasteiger partial charge < -0.3 is 14.6 Å². The van der Waals surface area contributed by atoms with Crippen molar-refractivity contribution in [3.05, 3.63) is 53.9 Å². The van der Waals surface area contributed by atoms with E-state index in [1.165, 1.54) is 12.1 Å². The third-order valence-corrected chi connectivity index (χ3v) is 5.48. The number of ether oxygens (including phenoxy) is 1. The molecule has 1 aromatic heterocycles. The zero-order valence-electron chi connectivity index (χ0n) is 17.0. The minimum absolute atomic E-state index is 0.119. The standard InChI is InChI=1S/C21H23N3O5S/c1-4-28-16-8-6-15(7-9-16)21-23-20(29-24-21)12-11-19(25)22-18-13-17(30(3,26)27)10-5-14(18)2/h5-10,13H,4,11-12H2,1-3H3,(H,22,25). The monoisotopic (exact) mass is 429 g/mol. The Bertz CT molecular complexity index is 1140. The van der Waals surface area contributed by atoms with E-state index in [0.29, 0.717) is 24.0 Å². The lowest BCUT2D eigenvalue weighted by atomic mass is 10.2. The maximum atomic E-state index is 12.3. The average Bonchev–Trinajstić information content (AvgIpc) is 3.17. The lowest BCUT2D eigenvalue weighted by molar-refractivity contribution is -0.116. The van der Waals surface area contributed by atoms with Crippen LogP contribution < -0.4 is 10.1 Å². The summed E-state index contributed by atoms with van der Waals surface area (Å²) in [5.41, 5.74) is 2.01. The second-order valence-corrected chi connectivity index (χ2v) is 8.78. The van der Waals surface area contributed by atoms with Crippen LogP contribution in [0.2, 0.25) is 0 Å². The third kappa shape index (κ3) is 5.44. The Labute approximate surface area is 175 Å². The normalized spacial score (nSPS) is 11.3. The first-order valence-corrected chi connectivity index (χ1v) is 11.3. The molecule has 2 aromatic carbocycles. The van der Waals surface area contributed by atoms with Gasteiger partial charge in [-0.05, 0) is 55.8 Å². The van der Waals surface area contributed by atoms with Crippen molar-refractivity contribution >= 4 is 21.4 Å². The highest BCUT2D eigenvalue weighted by Gasteiger charge is 2.14. The molecule has 0 unspecified atom stereocenters. The van der Waals surface area contributed by atoms with E-state index in [0.717, 1.165) is 23.1 Å². The molecule has 0 aliphatic rings. The van der Waals surface area contributed by atoms with Crippen molar-refractivity contribution in [3.8, 4) is 17.1 Å². The van der Waals surface area contributed by atoms with Crippen molar-refractivity contribution < 1.29 is 22.5 Å². The zero-order valence-corrected chi connectivity index (χ0v) is 17.8. The van der Waals surface area contributed by atoms with Crippen molar-refractivity contribution in [2.45, 2.75) is 31.6 Å². The number of sulfone groups is 1. The third-order valence-electron chi connectivity index (χ3n) is 4.37. The predicted octanol–water partition coefficient (Wildman–Crippen LogP) is 3.42. The van der Waals surface area contributed by atoms with Crippen LogP contribution in [0.15, 0.2) is 51.9 Å². The first kappa shape index (κ1) is 21.5. The molecule has 0 aliphatic carbocycles. The second kappa shape index (κ2) is 9.08. The first-order valence-electron chi connectivity index (χ1n) is 9.42. The van der Waals surface area contributed by atoms with Crippen LogP contribution in [-0.2, 0) is 21.1 Å². The number of hydrogen-bond acceptors (Lipinski definition) is 7. The number of aromatic nitrogens is 2. The molecule has 9 heteroatoms. The molecule has 0 spiro atoms. The molecule has 3 aromatic rings. The molecule has 0 fully saturated rings. The minimum atomic E-state index is -3.36. The molecule has 1 amide bonds. The Hall–Kier alpha value is -3.20. The Morgan fingerprint density at radius 2 is 1.90 bits per heavy atom. The number of hydrogen-bond donors (Lipinski definition) is 1. The average molecular weight is 429 g/mol. The topological polar surface area (TPSA) is 111 Å². The van der Waals surface area contributed by atoms with E-state index in [2.05, 4.69) is 15.5 Å². The van der Waals surface area contributed by atoms with Gasteiger partial charge >= 0.3 is 0 Å². The van der Waals surface area contributed by atoms with Gasteiger partial charge in [0.2, 0.25) is 17.6 Å². The van der Waals surface area contributed by atoms with Gasteiger partial charge in [-0.25, -0.2) is 8.42 Å². The summed E-state index contributed by atoms with van der Waals surface area (Å²) in [5, 5.41) is 6.69. The van der Waals surface area contributed by atoms with Gasteiger partial charge in [0, 0.05) is 30.3 Å². The number of anilines is 1. The summed E-state index contributed by atoms with van der Waals surface area (Å²) in [4.78, 5) is 16.8. The van der Waals surface area contributed by atoms with E-state index < -0.39 is 9.84 Å². The van der Waals surface area contributed by atoms with Gasteiger partial charge in [-0.1, -0.05) is 11.2 Å². The van der Waals surface area contributed by atoms with Gasteiger partial charge in [-0.3, -0.25) is 4.79 Å². The van der Waals surface area contributed by atoms with E-state index in [4.69, 9.17) is 9.26 Å².